The van der Waals surface area contributed by atoms with E-state index in [1.165, 1.54) is 162 Å². The Balaban J connectivity index is 0.996. The van der Waals surface area contributed by atoms with Gasteiger partial charge in [0.25, 0.3) is 6.71 Å². The van der Waals surface area contributed by atoms with Gasteiger partial charge in [0, 0.05) is 34.0 Å². The van der Waals surface area contributed by atoms with E-state index in [1.807, 2.05) is 0 Å². The third-order valence-corrected chi connectivity index (χ3v) is 22.5. The predicted molar refractivity (Wildman–Crippen MR) is 304 cm³/mol. The van der Waals surface area contributed by atoms with Gasteiger partial charge in [-0.3, -0.25) is 0 Å². The molecule has 3 heteroatoms. The molecule has 15 rings (SSSR count). The lowest BCUT2D eigenvalue weighted by Crippen LogP contribution is -2.62. The fraction of sp³-hybridized carbons (Fsp3) is 0.478. The zero-order chi connectivity index (χ0) is 49.1. The highest BCUT2D eigenvalue weighted by Gasteiger charge is 2.77. The molecule has 6 aromatic rings. The van der Waals surface area contributed by atoms with Gasteiger partial charge in [0.1, 0.15) is 0 Å². The maximum atomic E-state index is 2.82. The molecule has 1 spiro atoms. The van der Waals surface area contributed by atoms with E-state index in [9.17, 15) is 0 Å². The van der Waals surface area contributed by atoms with Gasteiger partial charge in [-0.15, -0.1) is 0 Å². The van der Waals surface area contributed by atoms with Crippen LogP contribution in [-0.2, 0) is 27.1 Å². The third-order valence-electron chi connectivity index (χ3n) is 22.5. The van der Waals surface area contributed by atoms with E-state index in [0.717, 1.165) is 29.6 Å². The first-order valence-electron chi connectivity index (χ1n) is 28.8. The average Bonchev–Trinajstić information content (AvgIpc) is 3.84. The second-order valence-electron chi connectivity index (χ2n) is 28.5. The molecule has 6 unspecified atom stereocenters. The fourth-order valence-corrected chi connectivity index (χ4v) is 19.1. The van der Waals surface area contributed by atoms with Crippen molar-refractivity contribution < 1.29 is 0 Å². The van der Waals surface area contributed by atoms with Crippen molar-refractivity contribution in [2.45, 2.75) is 173 Å². The average molecular weight is 945 g/mol. The Labute approximate surface area is 432 Å². The number of nitrogens with zero attached hydrogens (tertiary/aromatic N) is 2. The summed E-state index contributed by atoms with van der Waals surface area (Å²) in [7, 11) is 0. The van der Waals surface area contributed by atoms with E-state index in [2.05, 4.69) is 187 Å². The predicted octanol–water partition coefficient (Wildman–Crippen LogP) is 16.3. The molecular weight excluding hydrogens is 868 g/mol. The van der Waals surface area contributed by atoms with Crippen molar-refractivity contribution in [3.63, 3.8) is 0 Å². The molecule has 2 aliphatic heterocycles. The summed E-state index contributed by atoms with van der Waals surface area (Å²) in [6.07, 6.45) is 17.9. The van der Waals surface area contributed by atoms with Gasteiger partial charge in [0.2, 0.25) is 0 Å². The third kappa shape index (κ3) is 5.98. The number of anilines is 6. The highest BCUT2D eigenvalue weighted by molar-refractivity contribution is 7.00. The van der Waals surface area contributed by atoms with Crippen LogP contribution in [0, 0.1) is 41.9 Å². The first-order valence-corrected chi connectivity index (χ1v) is 28.8. The van der Waals surface area contributed by atoms with Gasteiger partial charge >= 0.3 is 0 Å². The molecule has 6 fully saturated rings. The minimum atomic E-state index is 0.00683. The molecule has 2 heterocycles. The van der Waals surface area contributed by atoms with Crippen molar-refractivity contribution >= 4 is 57.2 Å². The summed E-state index contributed by atoms with van der Waals surface area (Å²) in [5.41, 5.74) is 25.5. The molecule has 6 saturated carbocycles. The van der Waals surface area contributed by atoms with E-state index >= 15 is 0 Å². The summed E-state index contributed by atoms with van der Waals surface area (Å²) < 4.78 is 0. The molecule has 4 bridgehead atoms. The van der Waals surface area contributed by atoms with Gasteiger partial charge in [0.15, 0.2) is 0 Å². The Bertz CT molecular complexity index is 3240. The monoisotopic (exact) mass is 945 g/mol. The Morgan fingerprint density at radius 3 is 1.93 bits per heavy atom. The molecule has 72 heavy (non-hydrogen) atoms. The fourth-order valence-electron chi connectivity index (χ4n) is 19.1. The molecular formula is C69H77BN2. The summed E-state index contributed by atoms with van der Waals surface area (Å²) in [4.78, 5) is 5.49. The summed E-state index contributed by atoms with van der Waals surface area (Å²) >= 11 is 0. The van der Waals surface area contributed by atoms with Crippen LogP contribution in [0.3, 0.4) is 0 Å². The normalized spacial score (nSPS) is 31.4. The molecule has 366 valence electrons. The number of hydrogen-bond donors (Lipinski definition) is 0. The number of hydrogen-bond acceptors (Lipinski definition) is 2. The number of aryl methyl sites for hydroxylation is 1. The van der Waals surface area contributed by atoms with Crippen molar-refractivity contribution in [2.75, 3.05) is 9.80 Å². The quantitative estimate of drug-likeness (QED) is 0.159. The van der Waals surface area contributed by atoms with E-state index < -0.39 is 0 Å². The molecule has 0 N–H and O–H groups in total. The van der Waals surface area contributed by atoms with Gasteiger partial charge in [-0.2, -0.15) is 0 Å². The van der Waals surface area contributed by atoms with E-state index in [1.54, 1.807) is 16.7 Å². The van der Waals surface area contributed by atoms with Crippen molar-refractivity contribution in [3.05, 3.63) is 149 Å². The van der Waals surface area contributed by atoms with Crippen LogP contribution < -0.4 is 26.2 Å². The standard InChI is InChI=1S/C69H77BN2/c1-42-29-61-63-62(30-42)72(58-23-19-47(64(3,4)5)33-53(58)45-15-11-10-12-16-45)60-36-55-54(65(6,7)26-27-66(55,8)9)35-57(60)70(63)56-34-48(68-39-50-31-49-32-51(40-68)69(49,50)41-68)20-24-59(56)71(61)52-21-17-46(18-22-52)67-25-13-14-44(38-67)28-43(2)37-67/h10-12,15-24,29-30,33-36,43-44,49-51H,13-14,25-28,31-32,37-41H2,1-9H3/t43-,44?,49?,50-,51?,67?,68?,69?/m0/s1. The van der Waals surface area contributed by atoms with Crippen LogP contribution in [0.5, 0.6) is 0 Å². The molecule has 0 amide bonds. The van der Waals surface area contributed by atoms with Crippen LogP contribution in [0.4, 0.5) is 34.1 Å². The number of fused-ring (bicyclic) bond motifs is 8. The zero-order valence-electron chi connectivity index (χ0n) is 45.0. The van der Waals surface area contributed by atoms with Gasteiger partial charge in [0.05, 0.1) is 5.69 Å². The van der Waals surface area contributed by atoms with Gasteiger partial charge in [-0.05, 0) is 243 Å². The topological polar surface area (TPSA) is 6.48 Å². The largest absolute Gasteiger partial charge is 0.311 e. The van der Waals surface area contributed by atoms with Crippen LogP contribution in [-0.4, -0.2) is 6.71 Å². The van der Waals surface area contributed by atoms with Crippen LogP contribution in [0.15, 0.2) is 115 Å². The van der Waals surface area contributed by atoms with Crippen LogP contribution in [0.25, 0.3) is 11.1 Å². The molecule has 0 saturated heterocycles. The number of benzene rings is 6. The Morgan fingerprint density at radius 1 is 0.569 bits per heavy atom. The van der Waals surface area contributed by atoms with E-state index in [4.69, 9.17) is 0 Å². The Kier molecular flexibility index (Phi) is 9.04. The second-order valence-corrected chi connectivity index (χ2v) is 28.5. The van der Waals surface area contributed by atoms with E-state index in [-0.39, 0.29) is 23.0 Å². The van der Waals surface area contributed by atoms with Crippen molar-refractivity contribution in [1.82, 2.24) is 0 Å². The summed E-state index contributed by atoms with van der Waals surface area (Å²) in [5.74, 6) is 4.60. The second kappa shape index (κ2) is 14.6. The highest BCUT2D eigenvalue weighted by atomic mass is 15.2. The minimum Gasteiger partial charge on any atom is -0.311 e. The Morgan fingerprint density at radius 2 is 1.24 bits per heavy atom. The van der Waals surface area contributed by atoms with Crippen LogP contribution in [0.1, 0.15) is 172 Å². The SMILES string of the molecule is Cc1cc2c3c(c1)N(c1ccc(C(C)(C)C)cc1-c1ccccc1)c1cc4c(cc1B3c1cc(C35CC6CC7C[C@@H](C3)C76C5)ccc1N2c1ccc(C23CCCC(C[C@H](C)C2)C3)cc1)C(C)(C)CCC4(C)C. The smallest absolute Gasteiger partial charge is 0.252 e. The highest BCUT2D eigenvalue weighted by Crippen LogP contribution is 2.84. The summed E-state index contributed by atoms with van der Waals surface area (Å²) in [5, 5.41) is 0. The molecule has 2 nitrogen and oxygen atoms in total. The van der Waals surface area contributed by atoms with Crippen molar-refractivity contribution in [2.24, 2.45) is 35.0 Å². The Hall–Kier alpha value is -5.02. The lowest BCUT2D eigenvalue weighted by Gasteiger charge is -2.66. The number of rotatable bonds is 5. The molecule has 9 aliphatic rings. The lowest BCUT2D eigenvalue weighted by atomic mass is 9.32. The molecule has 7 aliphatic carbocycles. The minimum absolute atomic E-state index is 0.00683. The zero-order valence-corrected chi connectivity index (χ0v) is 45.0. The molecule has 0 aromatic heterocycles. The first kappa shape index (κ1) is 44.5. The van der Waals surface area contributed by atoms with Crippen LogP contribution in [0.2, 0.25) is 0 Å². The van der Waals surface area contributed by atoms with Crippen LogP contribution >= 0.6 is 0 Å². The molecule has 0 radical (unpaired) electrons. The lowest BCUT2D eigenvalue weighted by molar-refractivity contribution is -0.175. The summed E-state index contributed by atoms with van der Waals surface area (Å²) in [6, 6.07) is 47.6. The van der Waals surface area contributed by atoms with Crippen molar-refractivity contribution in [3.8, 4) is 11.1 Å². The van der Waals surface area contributed by atoms with Gasteiger partial charge < -0.3 is 9.80 Å². The molecule has 6 aromatic carbocycles. The van der Waals surface area contributed by atoms with Gasteiger partial charge in [-0.25, -0.2) is 0 Å². The van der Waals surface area contributed by atoms with E-state index in [0.29, 0.717) is 16.2 Å². The maximum absolute atomic E-state index is 2.82. The molecule has 8 atom stereocenters. The maximum Gasteiger partial charge on any atom is 0.252 e. The first-order chi connectivity index (χ1) is 34.5. The van der Waals surface area contributed by atoms with Gasteiger partial charge in [-0.1, -0.05) is 135 Å². The van der Waals surface area contributed by atoms with Crippen molar-refractivity contribution in [1.29, 1.82) is 0 Å². The summed E-state index contributed by atoms with van der Waals surface area (Å²) in [6.45, 7) is 22.2.